The highest BCUT2D eigenvalue weighted by molar-refractivity contribution is 5.99. The van der Waals surface area contributed by atoms with Crippen molar-refractivity contribution in [3.63, 3.8) is 0 Å². The van der Waals surface area contributed by atoms with Crippen molar-refractivity contribution in [1.82, 2.24) is 0 Å². The lowest BCUT2D eigenvalue weighted by molar-refractivity contribution is -0.157. The number of rotatable bonds is 0. The Labute approximate surface area is 83.5 Å². The van der Waals surface area contributed by atoms with Crippen LogP contribution in [-0.4, -0.2) is 22.8 Å². The maximum absolute atomic E-state index is 11.8. The summed E-state index contributed by atoms with van der Waals surface area (Å²) in [5.41, 5.74) is -0.770. The third-order valence-electron chi connectivity index (χ3n) is 3.97. The number of hydrogen-bond acceptors (Lipinski definition) is 3. The van der Waals surface area contributed by atoms with E-state index in [1.807, 2.05) is 0 Å². The number of carbonyl (C=O) groups is 2. The van der Waals surface area contributed by atoms with Crippen molar-refractivity contribution in [1.29, 1.82) is 0 Å². The molecule has 0 heterocycles. The molecule has 0 aromatic carbocycles. The number of aliphatic hydroxyl groups is 1. The molecule has 1 N–H and O–H groups in total. The van der Waals surface area contributed by atoms with E-state index >= 15 is 0 Å². The van der Waals surface area contributed by atoms with Gasteiger partial charge in [0.15, 0.2) is 0 Å². The van der Waals surface area contributed by atoms with Crippen LogP contribution in [0.5, 0.6) is 0 Å². The molecule has 2 saturated carbocycles. The van der Waals surface area contributed by atoms with E-state index in [0.717, 1.165) is 12.8 Å². The summed E-state index contributed by atoms with van der Waals surface area (Å²) in [5, 5.41) is 9.88. The molecule has 3 nitrogen and oxygen atoms in total. The third-order valence-corrected chi connectivity index (χ3v) is 3.97. The molecule has 0 aliphatic heterocycles. The summed E-state index contributed by atoms with van der Waals surface area (Å²) in [6, 6.07) is 0. The first-order chi connectivity index (χ1) is 6.56. The van der Waals surface area contributed by atoms with Gasteiger partial charge in [0.1, 0.15) is 11.6 Å². The van der Waals surface area contributed by atoms with Crippen LogP contribution in [0.25, 0.3) is 0 Å². The average Bonchev–Trinajstić information content (AvgIpc) is 2.16. The molecule has 2 fully saturated rings. The number of Topliss-reactive ketones (excluding diaryl/α,β-unsaturated/α-hetero) is 2. The number of fused-ring (bicyclic) bond motifs is 1. The van der Waals surface area contributed by atoms with Crippen molar-refractivity contribution in [3.8, 4) is 0 Å². The van der Waals surface area contributed by atoms with Gasteiger partial charge in [0.25, 0.3) is 0 Å². The second-order valence-corrected chi connectivity index (χ2v) is 4.67. The van der Waals surface area contributed by atoms with Crippen molar-refractivity contribution < 1.29 is 14.7 Å². The number of aliphatic hydroxyl groups excluding tert-OH is 1. The minimum atomic E-state index is -0.770. The second kappa shape index (κ2) is 3.16. The van der Waals surface area contributed by atoms with Crippen LogP contribution in [-0.2, 0) is 9.59 Å². The van der Waals surface area contributed by atoms with Gasteiger partial charge in [-0.1, -0.05) is 6.42 Å². The van der Waals surface area contributed by atoms with Crippen LogP contribution < -0.4 is 0 Å². The maximum atomic E-state index is 11.8. The van der Waals surface area contributed by atoms with Gasteiger partial charge in [-0.05, 0) is 19.8 Å². The molecule has 0 radical (unpaired) electrons. The maximum Gasteiger partial charge on any atom is 0.142 e. The van der Waals surface area contributed by atoms with Crippen LogP contribution in [0.3, 0.4) is 0 Å². The first kappa shape index (κ1) is 9.84. The van der Waals surface area contributed by atoms with Gasteiger partial charge < -0.3 is 5.11 Å². The summed E-state index contributed by atoms with van der Waals surface area (Å²) < 4.78 is 0. The first-order valence-electron chi connectivity index (χ1n) is 5.31. The summed E-state index contributed by atoms with van der Waals surface area (Å²) in [6.07, 6.45) is 2.39. The Bertz CT molecular complexity index is 284. The largest absolute Gasteiger partial charge is 0.392 e. The van der Waals surface area contributed by atoms with E-state index in [1.54, 1.807) is 6.92 Å². The smallest absolute Gasteiger partial charge is 0.142 e. The molecular formula is C11H16O3. The minimum Gasteiger partial charge on any atom is -0.392 e. The fourth-order valence-corrected chi connectivity index (χ4v) is 2.90. The van der Waals surface area contributed by atoms with E-state index in [1.165, 1.54) is 0 Å². The quantitative estimate of drug-likeness (QED) is 0.631. The Balaban J connectivity index is 2.36. The zero-order chi connectivity index (χ0) is 10.3. The molecule has 0 aromatic heterocycles. The topological polar surface area (TPSA) is 54.4 Å². The molecule has 0 spiro atoms. The predicted molar refractivity (Wildman–Crippen MR) is 50.7 cm³/mol. The summed E-state index contributed by atoms with van der Waals surface area (Å²) in [4.78, 5) is 23.5. The SMILES string of the molecule is CC12C(=O)CCC(=O)C1CCCC2O. The van der Waals surface area contributed by atoms with E-state index < -0.39 is 11.5 Å². The normalized spacial score (nSPS) is 43.6. The lowest BCUT2D eigenvalue weighted by Gasteiger charge is -2.45. The average molecular weight is 196 g/mol. The Morgan fingerprint density at radius 3 is 2.64 bits per heavy atom. The van der Waals surface area contributed by atoms with Gasteiger partial charge in [0.2, 0.25) is 0 Å². The highest BCUT2D eigenvalue weighted by Gasteiger charge is 2.53. The van der Waals surface area contributed by atoms with Gasteiger partial charge >= 0.3 is 0 Å². The number of ketones is 2. The van der Waals surface area contributed by atoms with Crippen molar-refractivity contribution in [2.75, 3.05) is 0 Å². The van der Waals surface area contributed by atoms with Crippen LogP contribution in [0.1, 0.15) is 39.0 Å². The lowest BCUT2D eigenvalue weighted by atomic mass is 9.58. The summed E-state index contributed by atoms with van der Waals surface area (Å²) in [7, 11) is 0. The van der Waals surface area contributed by atoms with Gasteiger partial charge in [-0.3, -0.25) is 9.59 Å². The van der Waals surface area contributed by atoms with Crippen molar-refractivity contribution in [3.05, 3.63) is 0 Å². The Morgan fingerprint density at radius 1 is 1.29 bits per heavy atom. The van der Waals surface area contributed by atoms with Crippen LogP contribution in [0, 0.1) is 11.3 Å². The second-order valence-electron chi connectivity index (χ2n) is 4.67. The molecule has 0 aromatic rings. The molecule has 2 aliphatic carbocycles. The highest BCUT2D eigenvalue weighted by atomic mass is 16.3. The van der Waals surface area contributed by atoms with Crippen LogP contribution in [0.15, 0.2) is 0 Å². The standard InChI is InChI=1S/C11H16O3/c1-11-7(3-2-4-9(11)13)8(12)5-6-10(11)14/h7,9,13H,2-6H2,1H3. The summed E-state index contributed by atoms with van der Waals surface area (Å²) in [5.74, 6) is 0.0349. The van der Waals surface area contributed by atoms with Gasteiger partial charge in [-0.15, -0.1) is 0 Å². The highest BCUT2D eigenvalue weighted by Crippen LogP contribution is 2.46. The molecule has 3 heteroatoms. The van der Waals surface area contributed by atoms with E-state index in [-0.39, 0.29) is 17.5 Å². The van der Waals surface area contributed by atoms with E-state index in [9.17, 15) is 14.7 Å². The number of carbonyl (C=O) groups excluding carboxylic acids is 2. The molecule has 2 aliphatic rings. The zero-order valence-corrected chi connectivity index (χ0v) is 8.45. The van der Waals surface area contributed by atoms with Crippen LogP contribution in [0.2, 0.25) is 0 Å². The van der Waals surface area contributed by atoms with E-state index in [4.69, 9.17) is 0 Å². The Morgan fingerprint density at radius 2 is 2.00 bits per heavy atom. The Kier molecular flexibility index (Phi) is 2.22. The van der Waals surface area contributed by atoms with Crippen molar-refractivity contribution in [2.45, 2.75) is 45.1 Å². The Hall–Kier alpha value is -0.700. The molecule has 0 saturated heterocycles. The molecular weight excluding hydrogens is 180 g/mol. The van der Waals surface area contributed by atoms with Gasteiger partial charge in [-0.25, -0.2) is 0 Å². The lowest BCUT2D eigenvalue weighted by Crippen LogP contribution is -2.54. The number of hydrogen-bond donors (Lipinski definition) is 1. The van der Waals surface area contributed by atoms with Crippen LogP contribution in [0.4, 0.5) is 0 Å². The minimum absolute atomic E-state index is 0.0781. The predicted octanol–water partition coefficient (Wildman–Crippen LogP) is 1.09. The molecule has 3 atom stereocenters. The molecule has 14 heavy (non-hydrogen) atoms. The van der Waals surface area contributed by atoms with Crippen molar-refractivity contribution in [2.24, 2.45) is 11.3 Å². The van der Waals surface area contributed by atoms with E-state index in [0.29, 0.717) is 19.3 Å². The summed E-state index contributed by atoms with van der Waals surface area (Å²) >= 11 is 0. The molecule has 0 amide bonds. The van der Waals surface area contributed by atoms with Crippen molar-refractivity contribution >= 4 is 11.6 Å². The zero-order valence-electron chi connectivity index (χ0n) is 8.45. The molecule has 2 rings (SSSR count). The van der Waals surface area contributed by atoms with Gasteiger partial charge in [0.05, 0.1) is 11.5 Å². The van der Waals surface area contributed by atoms with Gasteiger partial charge in [-0.2, -0.15) is 0 Å². The van der Waals surface area contributed by atoms with Gasteiger partial charge in [0, 0.05) is 18.8 Å². The summed E-state index contributed by atoms with van der Waals surface area (Å²) in [6.45, 7) is 1.76. The molecule has 0 bridgehead atoms. The fraction of sp³-hybridized carbons (Fsp3) is 0.818. The third kappa shape index (κ3) is 1.15. The van der Waals surface area contributed by atoms with Crippen LogP contribution >= 0.6 is 0 Å². The van der Waals surface area contributed by atoms with E-state index in [2.05, 4.69) is 0 Å². The molecule has 3 unspecified atom stereocenters. The monoisotopic (exact) mass is 196 g/mol. The fourth-order valence-electron chi connectivity index (χ4n) is 2.90. The first-order valence-corrected chi connectivity index (χ1v) is 5.31. The molecule has 78 valence electrons.